The van der Waals surface area contributed by atoms with Gasteiger partial charge in [-0.2, -0.15) is 13.2 Å². The van der Waals surface area contributed by atoms with Gasteiger partial charge in [-0.15, -0.1) is 0 Å². The van der Waals surface area contributed by atoms with Crippen LogP contribution in [0.2, 0.25) is 0 Å². The van der Waals surface area contributed by atoms with Crippen LogP contribution in [0.5, 0.6) is 0 Å². The number of sulfone groups is 1. The summed E-state index contributed by atoms with van der Waals surface area (Å²) in [5.41, 5.74) is -5.29. The van der Waals surface area contributed by atoms with Gasteiger partial charge in [0.2, 0.25) is 5.91 Å². The van der Waals surface area contributed by atoms with Crippen LogP contribution >= 0.6 is 0 Å². The van der Waals surface area contributed by atoms with Crippen molar-refractivity contribution >= 4 is 21.4 Å². The largest absolute Gasteiger partial charge is 0.501 e. The van der Waals surface area contributed by atoms with E-state index in [1.807, 2.05) is 4.90 Å². The standard InChI is InChI=1S/C19H25F3N2O3S/c20-19(21,22)28(26,27)17-8-4-3-7-16(17)23-13-9-15(10-14-23)18(25)24-11-5-1-2-6-12-24/h3-4,7-8,15H,1-2,5-6,9-14H2. The predicted molar refractivity (Wildman–Crippen MR) is 99.7 cm³/mol. The number of rotatable bonds is 3. The normalized spacial score (nSPS) is 20.1. The van der Waals surface area contributed by atoms with Gasteiger partial charge in [0.25, 0.3) is 9.84 Å². The Morgan fingerprint density at radius 1 is 0.929 bits per heavy atom. The molecule has 2 fully saturated rings. The lowest BCUT2D eigenvalue weighted by molar-refractivity contribution is -0.136. The molecular weight excluding hydrogens is 393 g/mol. The molecule has 28 heavy (non-hydrogen) atoms. The highest BCUT2D eigenvalue weighted by atomic mass is 32.2. The summed E-state index contributed by atoms with van der Waals surface area (Å²) in [6.07, 6.45) is 5.30. The maximum absolute atomic E-state index is 13.0. The Morgan fingerprint density at radius 2 is 1.50 bits per heavy atom. The van der Waals surface area contributed by atoms with Gasteiger partial charge in [0.1, 0.15) is 0 Å². The molecule has 0 radical (unpaired) electrons. The first-order valence-electron chi connectivity index (χ1n) is 9.66. The Labute approximate surface area is 163 Å². The molecule has 2 saturated heterocycles. The predicted octanol–water partition coefficient (Wildman–Crippen LogP) is 3.60. The maximum atomic E-state index is 13.0. The topological polar surface area (TPSA) is 57.7 Å². The maximum Gasteiger partial charge on any atom is 0.501 e. The van der Waals surface area contributed by atoms with Crippen LogP contribution in [0.4, 0.5) is 18.9 Å². The van der Waals surface area contributed by atoms with Crippen molar-refractivity contribution in [2.75, 3.05) is 31.1 Å². The third-order valence-corrected chi connectivity index (χ3v) is 7.10. The van der Waals surface area contributed by atoms with Crippen molar-refractivity contribution in [3.63, 3.8) is 0 Å². The Kier molecular flexibility index (Phi) is 6.21. The third-order valence-electron chi connectivity index (χ3n) is 5.56. The number of para-hydroxylation sites is 1. The minimum absolute atomic E-state index is 0.0560. The van der Waals surface area contributed by atoms with Crippen molar-refractivity contribution in [1.29, 1.82) is 0 Å². The molecule has 0 unspecified atom stereocenters. The molecule has 0 N–H and O–H groups in total. The van der Waals surface area contributed by atoms with Crippen LogP contribution in [0, 0.1) is 5.92 Å². The second-order valence-corrected chi connectivity index (χ2v) is 9.33. The molecule has 2 aliphatic heterocycles. The van der Waals surface area contributed by atoms with Crippen LogP contribution in [-0.2, 0) is 14.6 Å². The van der Waals surface area contributed by atoms with Crippen molar-refractivity contribution in [3.05, 3.63) is 24.3 Å². The Hall–Kier alpha value is -1.77. The molecule has 3 rings (SSSR count). The van der Waals surface area contributed by atoms with Crippen molar-refractivity contribution in [3.8, 4) is 0 Å². The number of benzene rings is 1. The Morgan fingerprint density at radius 3 is 2.07 bits per heavy atom. The molecule has 5 nitrogen and oxygen atoms in total. The zero-order valence-electron chi connectivity index (χ0n) is 15.6. The van der Waals surface area contributed by atoms with E-state index in [2.05, 4.69) is 0 Å². The van der Waals surface area contributed by atoms with E-state index in [-0.39, 0.29) is 17.5 Å². The Balaban J connectivity index is 1.71. The van der Waals surface area contributed by atoms with E-state index >= 15 is 0 Å². The van der Waals surface area contributed by atoms with Crippen LogP contribution in [0.1, 0.15) is 38.5 Å². The number of hydrogen-bond donors (Lipinski definition) is 0. The van der Waals surface area contributed by atoms with Crippen molar-refractivity contribution in [1.82, 2.24) is 4.90 Å². The molecule has 1 aromatic carbocycles. The molecule has 0 spiro atoms. The molecule has 2 heterocycles. The first-order valence-corrected chi connectivity index (χ1v) is 11.1. The number of amides is 1. The Bertz CT molecular complexity index is 795. The van der Waals surface area contributed by atoms with E-state index in [0.717, 1.165) is 44.8 Å². The van der Waals surface area contributed by atoms with Gasteiger partial charge in [0.05, 0.1) is 10.6 Å². The zero-order chi connectivity index (χ0) is 20.4. The van der Waals surface area contributed by atoms with E-state index in [1.54, 1.807) is 4.90 Å². The molecular formula is C19H25F3N2O3S. The zero-order valence-corrected chi connectivity index (χ0v) is 16.4. The molecule has 9 heteroatoms. The van der Waals surface area contributed by atoms with Crippen LogP contribution in [-0.4, -0.2) is 50.9 Å². The summed E-state index contributed by atoms with van der Waals surface area (Å²) in [6, 6.07) is 5.21. The van der Waals surface area contributed by atoms with Crippen LogP contribution < -0.4 is 4.90 Å². The van der Waals surface area contributed by atoms with E-state index in [9.17, 15) is 26.4 Å². The van der Waals surface area contributed by atoms with Gasteiger partial charge >= 0.3 is 5.51 Å². The second kappa shape index (κ2) is 8.31. The number of hydrogen-bond acceptors (Lipinski definition) is 4. The highest BCUT2D eigenvalue weighted by Gasteiger charge is 2.48. The van der Waals surface area contributed by atoms with Crippen molar-refractivity contribution < 1.29 is 26.4 Å². The summed E-state index contributed by atoms with van der Waals surface area (Å²) in [4.78, 5) is 15.6. The number of anilines is 1. The molecule has 0 saturated carbocycles. The molecule has 0 aliphatic carbocycles. The lowest BCUT2D eigenvalue weighted by Gasteiger charge is -2.36. The van der Waals surface area contributed by atoms with Gasteiger partial charge in [-0.3, -0.25) is 4.79 Å². The van der Waals surface area contributed by atoms with Crippen molar-refractivity contribution in [2.24, 2.45) is 5.92 Å². The molecule has 1 amide bonds. The lowest BCUT2D eigenvalue weighted by atomic mass is 9.94. The molecule has 2 aliphatic rings. The molecule has 0 atom stereocenters. The molecule has 156 valence electrons. The summed E-state index contributed by atoms with van der Waals surface area (Å²) < 4.78 is 62.9. The first kappa shape index (κ1) is 21.0. The highest BCUT2D eigenvalue weighted by molar-refractivity contribution is 7.92. The minimum Gasteiger partial charge on any atom is -0.370 e. The summed E-state index contributed by atoms with van der Waals surface area (Å²) in [5, 5.41) is 0. The smallest absolute Gasteiger partial charge is 0.370 e. The quantitative estimate of drug-likeness (QED) is 0.753. The van der Waals surface area contributed by atoms with Gasteiger partial charge in [0, 0.05) is 32.1 Å². The van der Waals surface area contributed by atoms with E-state index in [4.69, 9.17) is 0 Å². The monoisotopic (exact) mass is 418 g/mol. The summed E-state index contributed by atoms with van der Waals surface area (Å²) >= 11 is 0. The van der Waals surface area contributed by atoms with Gasteiger partial charge in [-0.05, 0) is 37.8 Å². The highest BCUT2D eigenvalue weighted by Crippen LogP contribution is 2.37. The van der Waals surface area contributed by atoms with Crippen LogP contribution in [0.15, 0.2) is 29.2 Å². The number of carbonyl (C=O) groups is 1. The number of nitrogens with zero attached hydrogens (tertiary/aromatic N) is 2. The van der Waals surface area contributed by atoms with Crippen LogP contribution in [0.25, 0.3) is 0 Å². The molecule has 0 bridgehead atoms. The summed E-state index contributed by atoms with van der Waals surface area (Å²) in [7, 11) is -5.42. The minimum atomic E-state index is -5.42. The number of carbonyl (C=O) groups excluding carboxylic acids is 1. The van der Waals surface area contributed by atoms with Gasteiger partial charge in [-0.25, -0.2) is 8.42 Å². The first-order chi connectivity index (χ1) is 13.2. The van der Waals surface area contributed by atoms with E-state index < -0.39 is 20.2 Å². The fraction of sp³-hybridized carbons (Fsp3) is 0.632. The average Bonchev–Trinajstić information content (AvgIpc) is 2.96. The third kappa shape index (κ3) is 4.29. The molecule has 0 aromatic heterocycles. The summed E-state index contributed by atoms with van der Waals surface area (Å²) in [5.74, 6) is -0.0292. The van der Waals surface area contributed by atoms with Gasteiger partial charge in [0.15, 0.2) is 0 Å². The van der Waals surface area contributed by atoms with E-state index in [0.29, 0.717) is 25.9 Å². The molecule has 1 aromatic rings. The van der Waals surface area contributed by atoms with Crippen molar-refractivity contribution in [2.45, 2.75) is 48.9 Å². The second-order valence-electron chi connectivity index (χ2n) is 7.42. The van der Waals surface area contributed by atoms with Gasteiger partial charge < -0.3 is 9.80 Å². The number of likely N-dealkylation sites (tertiary alicyclic amines) is 1. The number of alkyl halides is 3. The SMILES string of the molecule is O=C(C1CCN(c2ccccc2S(=O)(=O)C(F)(F)F)CC1)N1CCCCCC1. The van der Waals surface area contributed by atoms with Crippen LogP contribution in [0.3, 0.4) is 0 Å². The fourth-order valence-corrected chi connectivity index (χ4v) is 4.97. The number of halogens is 3. The summed E-state index contributed by atoms with van der Waals surface area (Å²) in [6.45, 7) is 2.25. The number of piperidine rings is 1. The lowest BCUT2D eigenvalue weighted by Crippen LogP contribution is -2.43. The van der Waals surface area contributed by atoms with Gasteiger partial charge in [-0.1, -0.05) is 25.0 Å². The average molecular weight is 418 g/mol. The van der Waals surface area contributed by atoms with E-state index in [1.165, 1.54) is 18.2 Å². The fourth-order valence-electron chi connectivity index (χ4n) is 3.99.